The SMILES string of the molecule is COCP(=O)(NC(C)C(=O)O)Oc1cc(COC(=O)NC(=O)c2cc3c(Oc4ccc(NC(=O)Oc5ccccc5)c(Cl)c4)ccnc3cc2OC)ccc1OC.Cl. The number of carboxylic acid groups (broad SMARTS) is 1. The van der Waals surface area contributed by atoms with Crippen LogP contribution in [0.2, 0.25) is 5.02 Å². The van der Waals surface area contributed by atoms with Gasteiger partial charge in [0, 0.05) is 30.8 Å². The van der Waals surface area contributed by atoms with Gasteiger partial charge in [0.1, 0.15) is 42.0 Å². The highest BCUT2D eigenvalue weighted by atomic mass is 35.5. The standard InChI is InChI=1S/C38H36ClN4O13P.ClH/c1-22(36(45)46)43-57(49,21-50-2)56-34-16-23(10-13-32(34)51-3)20-53-37(47)42-35(44)27-18-26-30(19-33(27)52-4)40-15-14-31(26)54-25-11-12-29(28(39)17-25)41-38(48)55-24-8-6-5-7-9-24;/h5-19,22H,20-21H2,1-4H3,(H,41,48)(H,43,49)(H,45,46)(H,42,44,47);1H. The molecule has 306 valence electrons. The molecular formula is C38H37Cl2N4O13P. The highest BCUT2D eigenvalue weighted by Gasteiger charge is 2.31. The number of methoxy groups -OCH3 is 3. The second kappa shape index (κ2) is 20.4. The normalized spacial score (nSPS) is 12.2. The first-order chi connectivity index (χ1) is 27.3. The number of aliphatic carboxylic acids is 1. The molecule has 17 nitrogen and oxygen atoms in total. The van der Waals surface area contributed by atoms with Crippen molar-refractivity contribution in [1.82, 2.24) is 15.4 Å². The molecule has 58 heavy (non-hydrogen) atoms. The van der Waals surface area contributed by atoms with Gasteiger partial charge in [-0.2, -0.15) is 0 Å². The number of carboxylic acids is 1. The molecule has 1 heterocycles. The molecule has 20 heteroatoms. The number of para-hydroxylation sites is 1. The van der Waals surface area contributed by atoms with Crippen molar-refractivity contribution in [2.75, 3.05) is 33.0 Å². The summed E-state index contributed by atoms with van der Waals surface area (Å²) in [6.45, 7) is 0.923. The van der Waals surface area contributed by atoms with Crippen LogP contribution in [-0.4, -0.2) is 67.9 Å². The molecule has 1 aromatic heterocycles. The largest absolute Gasteiger partial charge is 0.496 e. The number of nitrogens with one attached hydrogen (secondary N) is 3. The number of carbonyl (C=O) groups is 4. The van der Waals surface area contributed by atoms with Crippen molar-refractivity contribution in [1.29, 1.82) is 0 Å². The second-order valence-electron chi connectivity index (χ2n) is 11.8. The number of benzene rings is 4. The molecule has 0 aliphatic heterocycles. The molecule has 2 atom stereocenters. The first kappa shape index (κ1) is 44.6. The summed E-state index contributed by atoms with van der Waals surface area (Å²) in [7, 11) is 0.0424. The van der Waals surface area contributed by atoms with E-state index in [0.717, 1.165) is 0 Å². The summed E-state index contributed by atoms with van der Waals surface area (Å²) in [5.41, 5.74) is 0.965. The molecule has 0 spiro atoms. The number of halogens is 2. The van der Waals surface area contributed by atoms with Gasteiger partial charge in [-0.25, -0.2) is 14.7 Å². The average Bonchev–Trinajstić information content (AvgIpc) is 3.18. The first-order valence-corrected chi connectivity index (χ1v) is 18.9. The van der Waals surface area contributed by atoms with Crippen molar-refractivity contribution >= 4 is 72.2 Å². The van der Waals surface area contributed by atoms with Crippen LogP contribution in [0.15, 0.2) is 91.1 Å². The Morgan fingerprint density at radius 2 is 1.59 bits per heavy atom. The number of aromatic nitrogens is 1. The molecule has 0 radical (unpaired) electrons. The van der Waals surface area contributed by atoms with E-state index < -0.39 is 44.0 Å². The van der Waals surface area contributed by atoms with Crippen LogP contribution in [0.5, 0.6) is 34.5 Å². The smallest absolute Gasteiger partial charge is 0.417 e. The third-order valence-electron chi connectivity index (χ3n) is 7.75. The van der Waals surface area contributed by atoms with E-state index in [1.165, 1.54) is 76.9 Å². The number of pyridine rings is 1. The van der Waals surface area contributed by atoms with Crippen molar-refractivity contribution in [3.8, 4) is 34.5 Å². The molecular weight excluding hydrogens is 822 g/mol. The maximum atomic E-state index is 13.4. The van der Waals surface area contributed by atoms with E-state index in [4.69, 9.17) is 44.5 Å². The number of alkyl carbamates (subject to hydrolysis) is 1. The van der Waals surface area contributed by atoms with E-state index in [2.05, 4.69) is 20.7 Å². The van der Waals surface area contributed by atoms with Crippen molar-refractivity contribution in [3.05, 3.63) is 107 Å². The minimum Gasteiger partial charge on any atom is -0.496 e. The molecule has 0 bridgehead atoms. The number of anilines is 1. The molecule has 3 amide bonds. The van der Waals surface area contributed by atoms with E-state index >= 15 is 0 Å². The number of ether oxygens (including phenoxy) is 6. The molecule has 4 N–H and O–H groups in total. The topological polar surface area (TPSA) is 219 Å². The van der Waals surface area contributed by atoms with E-state index in [-0.39, 0.29) is 58.3 Å². The van der Waals surface area contributed by atoms with Crippen LogP contribution in [0.25, 0.3) is 10.9 Å². The molecule has 5 rings (SSSR count). The molecule has 0 saturated carbocycles. The lowest BCUT2D eigenvalue weighted by atomic mass is 10.1. The van der Waals surface area contributed by atoms with Gasteiger partial charge in [0.25, 0.3) is 5.91 Å². The van der Waals surface area contributed by atoms with Crippen molar-refractivity contribution in [2.45, 2.75) is 19.6 Å². The Balaban J connectivity index is 0.00000744. The van der Waals surface area contributed by atoms with Crippen molar-refractivity contribution in [2.24, 2.45) is 0 Å². The van der Waals surface area contributed by atoms with E-state index in [1.807, 2.05) is 0 Å². The molecule has 0 saturated heterocycles. The number of hydrogen-bond acceptors (Lipinski definition) is 13. The second-order valence-corrected chi connectivity index (χ2v) is 14.3. The van der Waals surface area contributed by atoms with Crippen molar-refractivity contribution < 1.29 is 61.8 Å². The van der Waals surface area contributed by atoms with Gasteiger partial charge >= 0.3 is 25.7 Å². The Labute approximate surface area is 342 Å². The average molecular weight is 860 g/mol. The number of imide groups is 1. The zero-order valence-electron chi connectivity index (χ0n) is 31.2. The Morgan fingerprint density at radius 1 is 0.845 bits per heavy atom. The predicted octanol–water partition coefficient (Wildman–Crippen LogP) is 8.04. The van der Waals surface area contributed by atoms with Gasteiger partial charge in [0.05, 0.1) is 36.0 Å². The third kappa shape index (κ3) is 11.7. The van der Waals surface area contributed by atoms with Crippen LogP contribution in [0.1, 0.15) is 22.8 Å². The van der Waals surface area contributed by atoms with E-state index in [9.17, 15) is 28.8 Å². The van der Waals surface area contributed by atoms with Crippen LogP contribution >= 0.6 is 31.5 Å². The lowest BCUT2D eigenvalue weighted by molar-refractivity contribution is -0.138. The number of nitrogens with zero attached hydrogens (tertiary/aromatic N) is 1. The number of carbonyl (C=O) groups excluding carboxylic acids is 3. The van der Waals surface area contributed by atoms with Gasteiger partial charge in [0.2, 0.25) is 0 Å². The summed E-state index contributed by atoms with van der Waals surface area (Å²) >= 11 is 6.44. The van der Waals surface area contributed by atoms with Crippen LogP contribution in [0.3, 0.4) is 0 Å². The lowest BCUT2D eigenvalue weighted by Gasteiger charge is -2.23. The first-order valence-electron chi connectivity index (χ1n) is 16.7. The maximum absolute atomic E-state index is 13.4. The highest BCUT2D eigenvalue weighted by Crippen LogP contribution is 2.46. The Morgan fingerprint density at radius 3 is 2.26 bits per heavy atom. The maximum Gasteiger partial charge on any atom is 0.417 e. The van der Waals surface area contributed by atoms with Crippen LogP contribution in [-0.2, 0) is 25.4 Å². The summed E-state index contributed by atoms with van der Waals surface area (Å²) in [6.07, 6.45) is -0.823. The predicted molar refractivity (Wildman–Crippen MR) is 214 cm³/mol. The Hall–Kier alpha value is -6.10. The van der Waals surface area contributed by atoms with Gasteiger partial charge in [-0.15, -0.1) is 12.4 Å². The summed E-state index contributed by atoms with van der Waals surface area (Å²) in [6, 6.07) is 20.7. The fourth-order valence-corrected chi connectivity index (χ4v) is 7.00. The number of hydrogen-bond donors (Lipinski definition) is 4. The lowest BCUT2D eigenvalue weighted by Crippen LogP contribution is -2.33. The summed E-state index contributed by atoms with van der Waals surface area (Å²) in [4.78, 5) is 54.3. The highest BCUT2D eigenvalue weighted by molar-refractivity contribution is 7.57. The fraction of sp³-hybridized carbons (Fsp3) is 0.184. The minimum atomic E-state index is -3.92. The minimum absolute atomic E-state index is 0. The molecule has 0 aliphatic rings. The van der Waals surface area contributed by atoms with Crippen LogP contribution in [0.4, 0.5) is 15.3 Å². The van der Waals surface area contributed by atoms with Gasteiger partial charge < -0.3 is 38.1 Å². The summed E-state index contributed by atoms with van der Waals surface area (Å²) in [5, 5.41) is 17.0. The molecule has 0 aliphatic carbocycles. The summed E-state index contributed by atoms with van der Waals surface area (Å²) < 4.78 is 51.4. The van der Waals surface area contributed by atoms with Gasteiger partial charge in [-0.3, -0.25) is 29.8 Å². The zero-order valence-corrected chi connectivity index (χ0v) is 33.6. The van der Waals surface area contributed by atoms with Gasteiger partial charge in [0.15, 0.2) is 11.5 Å². The monoisotopic (exact) mass is 858 g/mol. The molecule has 4 aromatic carbocycles. The van der Waals surface area contributed by atoms with Crippen LogP contribution in [0, 0.1) is 0 Å². The van der Waals surface area contributed by atoms with Gasteiger partial charge in [-0.1, -0.05) is 35.9 Å². The number of rotatable bonds is 16. The van der Waals surface area contributed by atoms with E-state index in [1.54, 1.807) is 42.5 Å². The molecule has 2 unspecified atom stereocenters. The van der Waals surface area contributed by atoms with Crippen molar-refractivity contribution in [3.63, 3.8) is 0 Å². The molecule has 0 fully saturated rings. The third-order valence-corrected chi connectivity index (χ3v) is 9.93. The Bertz CT molecular complexity index is 2340. The van der Waals surface area contributed by atoms with Crippen LogP contribution < -0.4 is 39.2 Å². The fourth-order valence-electron chi connectivity index (χ4n) is 5.10. The van der Waals surface area contributed by atoms with E-state index in [0.29, 0.717) is 28.0 Å². The zero-order chi connectivity index (χ0) is 41.1. The number of fused-ring (bicyclic) bond motifs is 1. The quantitative estimate of drug-likeness (QED) is 0.0690. The molecule has 5 aromatic rings. The Kier molecular flexibility index (Phi) is 15.7. The summed E-state index contributed by atoms with van der Waals surface area (Å²) in [5.74, 6) is -1.01. The number of amides is 3. The van der Waals surface area contributed by atoms with Gasteiger partial charge in [-0.05, 0) is 61.0 Å².